The molecule has 2 aromatic rings. The zero-order chi connectivity index (χ0) is 13.8. The molecular formula is C14H20N6. The average molecular weight is 272 g/mol. The maximum Gasteiger partial charge on any atom is 0.165 e. The van der Waals surface area contributed by atoms with E-state index in [0.717, 1.165) is 25.3 Å². The van der Waals surface area contributed by atoms with Crippen molar-refractivity contribution in [1.82, 2.24) is 30.8 Å². The third-order valence-electron chi connectivity index (χ3n) is 3.82. The number of benzene rings is 1. The minimum absolute atomic E-state index is 0.142. The summed E-state index contributed by atoms with van der Waals surface area (Å²) in [5.41, 5.74) is 1.35. The van der Waals surface area contributed by atoms with Gasteiger partial charge in [-0.3, -0.25) is 0 Å². The average Bonchev–Trinajstić information content (AvgIpc) is 3.08. The van der Waals surface area contributed by atoms with Crippen molar-refractivity contribution in [1.29, 1.82) is 0 Å². The minimum Gasteiger partial charge on any atom is -0.315 e. The highest BCUT2D eigenvalue weighted by Gasteiger charge is 2.28. The Kier molecular flexibility index (Phi) is 3.75. The number of tetrazole rings is 1. The van der Waals surface area contributed by atoms with Gasteiger partial charge in [-0.2, -0.15) is 0 Å². The first-order chi connectivity index (χ1) is 9.75. The molecule has 0 bridgehead atoms. The molecule has 0 aliphatic carbocycles. The van der Waals surface area contributed by atoms with E-state index in [0.29, 0.717) is 13.1 Å². The van der Waals surface area contributed by atoms with Crippen LogP contribution in [0.25, 0.3) is 0 Å². The van der Waals surface area contributed by atoms with E-state index in [4.69, 9.17) is 0 Å². The van der Waals surface area contributed by atoms with E-state index >= 15 is 0 Å². The Morgan fingerprint density at radius 3 is 2.95 bits per heavy atom. The van der Waals surface area contributed by atoms with Crippen LogP contribution in [-0.2, 0) is 13.1 Å². The maximum atomic E-state index is 4.12. The monoisotopic (exact) mass is 272 g/mol. The largest absolute Gasteiger partial charge is 0.315 e. The van der Waals surface area contributed by atoms with Crippen molar-refractivity contribution in [3.8, 4) is 0 Å². The number of rotatable bonds is 5. The van der Waals surface area contributed by atoms with Gasteiger partial charge in [-0.15, -0.1) is 5.10 Å². The summed E-state index contributed by atoms with van der Waals surface area (Å²) < 4.78 is 1.86. The van der Waals surface area contributed by atoms with Crippen LogP contribution in [0.4, 0.5) is 0 Å². The highest BCUT2D eigenvalue weighted by molar-refractivity contribution is 5.15. The molecule has 2 N–H and O–H groups in total. The number of hydrogen-bond donors (Lipinski definition) is 2. The summed E-state index contributed by atoms with van der Waals surface area (Å²) in [5, 5.41) is 18.9. The fourth-order valence-corrected chi connectivity index (χ4v) is 2.49. The molecule has 1 aliphatic heterocycles. The Hall–Kier alpha value is -1.79. The Labute approximate surface area is 118 Å². The second-order valence-corrected chi connectivity index (χ2v) is 5.58. The highest BCUT2D eigenvalue weighted by Crippen LogP contribution is 2.13. The van der Waals surface area contributed by atoms with Crippen molar-refractivity contribution in [3.05, 3.63) is 41.7 Å². The van der Waals surface area contributed by atoms with Crippen LogP contribution in [0.2, 0.25) is 0 Å². The van der Waals surface area contributed by atoms with Gasteiger partial charge in [0.25, 0.3) is 0 Å². The Balaban J connectivity index is 1.64. The van der Waals surface area contributed by atoms with Crippen LogP contribution >= 0.6 is 0 Å². The van der Waals surface area contributed by atoms with Gasteiger partial charge in [0.2, 0.25) is 0 Å². The molecule has 3 rings (SSSR count). The normalized spacial score (nSPS) is 22.2. The standard InChI is InChI=1S/C14H20N6/c1-14(7-8-15-11-14)16-9-13-17-18-19-20(13)10-12-5-3-2-4-6-12/h2-6,15-16H,7-11H2,1H3. The Morgan fingerprint density at radius 2 is 2.20 bits per heavy atom. The van der Waals surface area contributed by atoms with E-state index in [1.807, 2.05) is 22.9 Å². The van der Waals surface area contributed by atoms with E-state index in [1.165, 1.54) is 5.56 Å². The summed E-state index contributed by atoms with van der Waals surface area (Å²) in [4.78, 5) is 0. The molecule has 106 valence electrons. The fourth-order valence-electron chi connectivity index (χ4n) is 2.49. The molecule has 0 spiro atoms. The molecule has 2 heterocycles. The lowest BCUT2D eigenvalue weighted by Crippen LogP contribution is -2.44. The summed E-state index contributed by atoms with van der Waals surface area (Å²) in [5.74, 6) is 0.877. The lowest BCUT2D eigenvalue weighted by Gasteiger charge is -2.24. The quantitative estimate of drug-likeness (QED) is 0.832. The van der Waals surface area contributed by atoms with Crippen LogP contribution in [0, 0.1) is 0 Å². The number of aromatic nitrogens is 4. The third kappa shape index (κ3) is 3.02. The van der Waals surface area contributed by atoms with Crippen LogP contribution in [0.1, 0.15) is 24.7 Å². The van der Waals surface area contributed by atoms with E-state index in [2.05, 4.69) is 45.2 Å². The van der Waals surface area contributed by atoms with Gasteiger partial charge < -0.3 is 10.6 Å². The molecule has 20 heavy (non-hydrogen) atoms. The fraction of sp³-hybridized carbons (Fsp3) is 0.500. The van der Waals surface area contributed by atoms with Gasteiger partial charge in [-0.25, -0.2) is 4.68 Å². The zero-order valence-corrected chi connectivity index (χ0v) is 11.7. The predicted molar refractivity (Wildman–Crippen MR) is 76.1 cm³/mol. The summed E-state index contributed by atoms with van der Waals surface area (Å²) >= 11 is 0. The van der Waals surface area contributed by atoms with Gasteiger partial charge in [0.15, 0.2) is 5.82 Å². The van der Waals surface area contributed by atoms with Gasteiger partial charge in [-0.1, -0.05) is 30.3 Å². The molecule has 1 fully saturated rings. The summed E-state index contributed by atoms with van der Waals surface area (Å²) in [7, 11) is 0. The molecule has 0 radical (unpaired) electrons. The molecule has 1 atom stereocenters. The first-order valence-electron chi connectivity index (χ1n) is 7.00. The van der Waals surface area contributed by atoms with E-state index in [9.17, 15) is 0 Å². The molecule has 0 amide bonds. The van der Waals surface area contributed by atoms with Crippen LogP contribution in [0.3, 0.4) is 0 Å². The molecule has 6 heteroatoms. The molecule has 1 unspecified atom stereocenters. The lowest BCUT2D eigenvalue weighted by molar-refractivity contribution is 0.375. The van der Waals surface area contributed by atoms with Crippen LogP contribution in [0.5, 0.6) is 0 Å². The number of hydrogen-bond acceptors (Lipinski definition) is 5. The maximum absolute atomic E-state index is 4.12. The van der Waals surface area contributed by atoms with E-state index < -0.39 is 0 Å². The lowest BCUT2D eigenvalue weighted by atomic mass is 10.0. The predicted octanol–water partition coefficient (Wildman–Crippen LogP) is 0.563. The van der Waals surface area contributed by atoms with Crippen molar-refractivity contribution in [3.63, 3.8) is 0 Å². The topological polar surface area (TPSA) is 67.7 Å². The van der Waals surface area contributed by atoms with Gasteiger partial charge in [-0.05, 0) is 35.9 Å². The van der Waals surface area contributed by atoms with Crippen molar-refractivity contribution >= 4 is 0 Å². The second kappa shape index (κ2) is 5.68. The van der Waals surface area contributed by atoms with Gasteiger partial charge >= 0.3 is 0 Å². The Morgan fingerprint density at radius 1 is 1.35 bits per heavy atom. The first-order valence-corrected chi connectivity index (χ1v) is 7.00. The highest BCUT2D eigenvalue weighted by atomic mass is 15.5. The van der Waals surface area contributed by atoms with Crippen molar-refractivity contribution < 1.29 is 0 Å². The molecule has 1 aliphatic rings. The molecular weight excluding hydrogens is 252 g/mol. The Bertz CT molecular complexity index is 544. The molecule has 1 aromatic carbocycles. The first kappa shape index (κ1) is 13.2. The van der Waals surface area contributed by atoms with E-state index in [1.54, 1.807) is 0 Å². The van der Waals surface area contributed by atoms with Gasteiger partial charge in [0.05, 0.1) is 13.1 Å². The summed E-state index contributed by atoms with van der Waals surface area (Å²) in [6.07, 6.45) is 1.13. The van der Waals surface area contributed by atoms with Crippen LogP contribution in [-0.4, -0.2) is 38.8 Å². The number of nitrogens with one attached hydrogen (secondary N) is 2. The van der Waals surface area contributed by atoms with Crippen molar-refractivity contribution in [2.24, 2.45) is 0 Å². The summed E-state index contributed by atoms with van der Waals surface area (Å²) in [6.45, 7) is 5.70. The van der Waals surface area contributed by atoms with Crippen LogP contribution < -0.4 is 10.6 Å². The molecule has 6 nitrogen and oxygen atoms in total. The van der Waals surface area contributed by atoms with Crippen LogP contribution in [0.15, 0.2) is 30.3 Å². The van der Waals surface area contributed by atoms with Gasteiger partial charge in [0, 0.05) is 12.1 Å². The smallest absolute Gasteiger partial charge is 0.165 e. The SMILES string of the molecule is CC1(NCc2nnnn2Cc2ccccc2)CCNC1. The minimum atomic E-state index is 0.142. The van der Waals surface area contributed by atoms with Crippen molar-refractivity contribution in [2.45, 2.75) is 32.0 Å². The molecule has 1 aromatic heterocycles. The second-order valence-electron chi connectivity index (χ2n) is 5.58. The molecule has 0 saturated carbocycles. The number of nitrogens with zero attached hydrogens (tertiary/aromatic N) is 4. The van der Waals surface area contributed by atoms with Crippen molar-refractivity contribution in [2.75, 3.05) is 13.1 Å². The summed E-state index contributed by atoms with van der Waals surface area (Å²) in [6, 6.07) is 10.2. The third-order valence-corrected chi connectivity index (χ3v) is 3.82. The van der Waals surface area contributed by atoms with Gasteiger partial charge in [0.1, 0.15) is 0 Å². The van der Waals surface area contributed by atoms with E-state index in [-0.39, 0.29) is 5.54 Å². The zero-order valence-electron chi connectivity index (χ0n) is 11.7. The molecule has 1 saturated heterocycles.